The zero-order valence-corrected chi connectivity index (χ0v) is 23.5. The highest BCUT2D eigenvalue weighted by atomic mass is 32.2. The van der Waals surface area contributed by atoms with E-state index in [4.69, 9.17) is 9.66 Å². The molecule has 0 bridgehead atoms. The standard InChI is InChI=1S/C20H22F9N3O2.C6H6O3S/c21-18(22,23)13-4-3-12(14(9-13)30-5-1-2-6-30)10-31-7-8-32(17(33)34)11-15(31)16(19(24,25)26)20(27,28)29;7-10(8,9)6-4-2-1-3-5-6/h3-4,9,15-16H,1-2,5-8,10-11H2,(H,33,34);1-5H,(H,7,8,9). The molecule has 4 rings (SSSR count). The molecular weight excluding hydrogens is 637 g/mol. The molecule has 246 valence electrons. The summed E-state index contributed by atoms with van der Waals surface area (Å²) in [6.07, 6.45) is -16.4. The van der Waals surface area contributed by atoms with Crippen LogP contribution >= 0.6 is 0 Å². The maximum absolute atomic E-state index is 13.5. The molecule has 18 heteroatoms. The molecule has 8 nitrogen and oxygen atoms in total. The van der Waals surface area contributed by atoms with Gasteiger partial charge in [-0.05, 0) is 42.7 Å². The van der Waals surface area contributed by atoms with Gasteiger partial charge in [0.2, 0.25) is 0 Å². The predicted molar refractivity (Wildman–Crippen MR) is 139 cm³/mol. The Morgan fingerprint density at radius 1 is 0.864 bits per heavy atom. The van der Waals surface area contributed by atoms with Crippen LogP contribution in [0.5, 0.6) is 0 Å². The van der Waals surface area contributed by atoms with Crippen LogP contribution in [0.25, 0.3) is 0 Å². The Morgan fingerprint density at radius 3 is 1.89 bits per heavy atom. The highest BCUT2D eigenvalue weighted by Crippen LogP contribution is 2.44. The molecule has 0 aliphatic carbocycles. The Morgan fingerprint density at radius 2 is 1.43 bits per heavy atom. The van der Waals surface area contributed by atoms with Crippen molar-refractivity contribution in [3.05, 3.63) is 59.7 Å². The van der Waals surface area contributed by atoms with Gasteiger partial charge >= 0.3 is 24.6 Å². The van der Waals surface area contributed by atoms with Gasteiger partial charge < -0.3 is 14.9 Å². The Hall–Kier alpha value is -3.25. The van der Waals surface area contributed by atoms with Gasteiger partial charge in [-0.15, -0.1) is 0 Å². The molecule has 2 aliphatic heterocycles. The second kappa shape index (κ2) is 13.4. The lowest BCUT2D eigenvalue weighted by molar-refractivity contribution is -0.302. The van der Waals surface area contributed by atoms with Gasteiger partial charge in [0.1, 0.15) is 0 Å². The summed E-state index contributed by atoms with van der Waals surface area (Å²) in [5, 5.41) is 9.15. The summed E-state index contributed by atoms with van der Waals surface area (Å²) >= 11 is 0. The van der Waals surface area contributed by atoms with Crippen molar-refractivity contribution in [1.82, 2.24) is 9.80 Å². The zero-order chi connectivity index (χ0) is 33.1. The highest BCUT2D eigenvalue weighted by molar-refractivity contribution is 7.85. The van der Waals surface area contributed by atoms with Crippen molar-refractivity contribution in [2.45, 2.75) is 48.9 Å². The van der Waals surface area contributed by atoms with Gasteiger partial charge in [-0.25, -0.2) is 4.79 Å². The normalized spacial score (nSPS) is 18.8. The van der Waals surface area contributed by atoms with E-state index in [1.165, 1.54) is 12.1 Å². The van der Waals surface area contributed by atoms with E-state index in [0.717, 1.165) is 23.1 Å². The highest BCUT2D eigenvalue weighted by Gasteiger charge is 2.62. The van der Waals surface area contributed by atoms with Crippen LogP contribution in [0.1, 0.15) is 24.0 Å². The number of anilines is 1. The Bertz CT molecular complexity index is 1370. The second-order valence-electron chi connectivity index (χ2n) is 10.2. The summed E-state index contributed by atoms with van der Waals surface area (Å²) < 4.78 is 150. The lowest BCUT2D eigenvalue weighted by Crippen LogP contribution is -2.62. The third-order valence-corrected chi connectivity index (χ3v) is 8.04. The van der Waals surface area contributed by atoms with Crippen molar-refractivity contribution in [2.75, 3.05) is 37.6 Å². The summed E-state index contributed by atoms with van der Waals surface area (Å²) in [6, 6.07) is 7.79. The minimum Gasteiger partial charge on any atom is -0.465 e. The van der Waals surface area contributed by atoms with E-state index in [2.05, 4.69) is 0 Å². The first-order valence-electron chi connectivity index (χ1n) is 13.0. The van der Waals surface area contributed by atoms with Crippen LogP contribution < -0.4 is 4.90 Å². The molecule has 2 aliphatic rings. The summed E-state index contributed by atoms with van der Waals surface area (Å²) in [5.74, 6) is -3.83. The number of piperazine rings is 1. The van der Waals surface area contributed by atoms with Gasteiger partial charge in [0.25, 0.3) is 10.1 Å². The molecule has 0 saturated carbocycles. The van der Waals surface area contributed by atoms with Crippen LogP contribution in [0.2, 0.25) is 0 Å². The quantitative estimate of drug-likeness (QED) is 0.292. The number of carboxylic acid groups (broad SMARTS) is 1. The minimum absolute atomic E-state index is 0.0741. The minimum atomic E-state index is -5.71. The lowest BCUT2D eigenvalue weighted by atomic mass is 9.93. The van der Waals surface area contributed by atoms with Gasteiger partial charge in [-0.2, -0.15) is 47.9 Å². The first kappa shape index (κ1) is 35.2. The van der Waals surface area contributed by atoms with Gasteiger partial charge in [0, 0.05) is 51.0 Å². The van der Waals surface area contributed by atoms with Gasteiger partial charge in [-0.1, -0.05) is 24.3 Å². The number of alkyl halides is 9. The number of hydrogen-bond acceptors (Lipinski definition) is 5. The van der Waals surface area contributed by atoms with Crippen LogP contribution in [0.4, 0.5) is 50.0 Å². The van der Waals surface area contributed by atoms with Gasteiger partial charge in [0.15, 0.2) is 5.92 Å². The SMILES string of the molecule is O=C(O)N1CCN(Cc2ccc(C(F)(F)F)cc2N2CCCC2)C(C(C(F)(F)F)C(F)(F)F)C1.O=S(=O)(O)c1ccccc1. The summed E-state index contributed by atoms with van der Waals surface area (Å²) in [6.45, 7) is -1.52. The Labute approximate surface area is 246 Å². The number of halogens is 9. The molecule has 1 amide bonds. The third-order valence-electron chi connectivity index (χ3n) is 7.17. The Kier molecular flexibility index (Phi) is 10.7. The fourth-order valence-electron chi connectivity index (χ4n) is 5.09. The average molecular weight is 666 g/mol. The fraction of sp³-hybridized carbons (Fsp3) is 0.500. The topological polar surface area (TPSA) is 101 Å². The van der Waals surface area contributed by atoms with Crippen LogP contribution in [-0.2, 0) is 22.8 Å². The van der Waals surface area contributed by atoms with Gasteiger partial charge in [0.05, 0.1) is 10.5 Å². The molecule has 2 fully saturated rings. The van der Waals surface area contributed by atoms with Crippen molar-refractivity contribution in [2.24, 2.45) is 5.92 Å². The maximum atomic E-state index is 13.5. The van der Waals surface area contributed by atoms with E-state index in [1.807, 2.05) is 0 Å². The molecule has 2 heterocycles. The molecular formula is C26H28F9N3O5S. The molecule has 2 aromatic rings. The number of benzene rings is 2. The first-order valence-corrected chi connectivity index (χ1v) is 14.5. The van der Waals surface area contributed by atoms with Crippen molar-refractivity contribution >= 4 is 21.9 Å². The van der Waals surface area contributed by atoms with Crippen LogP contribution in [-0.4, -0.2) is 85.1 Å². The average Bonchev–Trinajstić information content (AvgIpc) is 3.43. The number of nitrogens with zero attached hydrogens (tertiary/aromatic N) is 3. The van der Waals surface area contributed by atoms with E-state index in [0.29, 0.717) is 30.8 Å². The number of amides is 1. The molecule has 2 saturated heterocycles. The van der Waals surface area contributed by atoms with Crippen molar-refractivity contribution in [3.8, 4) is 0 Å². The number of carbonyl (C=O) groups is 1. The fourth-order valence-corrected chi connectivity index (χ4v) is 5.59. The lowest BCUT2D eigenvalue weighted by Gasteiger charge is -2.45. The van der Waals surface area contributed by atoms with Crippen LogP contribution in [0, 0.1) is 5.92 Å². The largest absolute Gasteiger partial charge is 0.465 e. The van der Waals surface area contributed by atoms with Crippen LogP contribution in [0.3, 0.4) is 0 Å². The van der Waals surface area contributed by atoms with Crippen LogP contribution in [0.15, 0.2) is 53.4 Å². The van der Waals surface area contributed by atoms with E-state index < -0.39 is 71.9 Å². The molecule has 1 atom stereocenters. The van der Waals surface area contributed by atoms with E-state index in [1.54, 1.807) is 23.1 Å². The molecule has 0 aromatic heterocycles. The van der Waals surface area contributed by atoms with Crippen molar-refractivity contribution < 1.29 is 62.4 Å². The Balaban J connectivity index is 0.000000448. The van der Waals surface area contributed by atoms with E-state index in [-0.39, 0.29) is 22.7 Å². The predicted octanol–water partition coefficient (Wildman–Crippen LogP) is 6.14. The zero-order valence-electron chi connectivity index (χ0n) is 22.7. The smallest absolute Gasteiger partial charge is 0.416 e. The molecule has 2 N–H and O–H groups in total. The van der Waals surface area contributed by atoms with E-state index >= 15 is 0 Å². The maximum Gasteiger partial charge on any atom is 0.416 e. The van der Waals surface area contributed by atoms with Crippen molar-refractivity contribution in [3.63, 3.8) is 0 Å². The molecule has 2 aromatic carbocycles. The second-order valence-corrected chi connectivity index (χ2v) is 11.6. The van der Waals surface area contributed by atoms with E-state index in [9.17, 15) is 52.7 Å². The molecule has 1 unspecified atom stereocenters. The van der Waals surface area contributed by atoms with Gasteiger partial charge in [-0.3, -0.25) is 9.45 Å². The monoisotopic (exact) mass is 665 g/mol. The number of hydrogen-bond donors (Lipinski definition) is 2. The third kappa shape index (κ3) is 9.13. The molecule has 44 heavy (non-hydrogen) atoms. The summed E-state index contributed by atoms with van der Waals surface area (Å²) in [4.78, 5) is 14.2. The molecule has 0 radical (unpaired) electrons. The summed E-state index contributed by atoms with van der Waals surface area (Å²) in [7, 11) is -4.00. The first-order chi connectivity index (χ1) is 20.2. The summed E-state index contributed by atoms with van der Waals surface area (Å²) in [5.41, 5.74) is -0.733. The number of rotatable bonds is 5. The molecule has 0 spiro atoms. The van der Waals surface area contributed by atoms with Crippen molar-refractivity contribution in [1.29, 1.82) is 0 Å².